The van der Waals surface area contributed by atoms with Crippen molar-refractivity contribution in [1.82, 2.24) is 4.98 Å². The molecule has 0 fully saturated rings. The summed E-state index contributed by atoms with van der Waals surface area (Å²) in [7, 11) is 0. The average molecular weight is 219 g/mol. The summed E-state index contributed by atoms with van der Waals surface area (Å²) in [5, 5.41) is 21.4. The number of nitrogens with zero attached hydrogens (tertiary/aromatic N) is 3. The lowest BCUT2D eigenvalue weighted by atomic mass is 10.2. The summed E-state index contributed by atoms with van der Waals surface area (Å²) in [6.45, 7) is 0. The molecule has 0 N–H and O–H groups in total. The first-order valence-corrected chi connectivity index (χ1v) is 4.28. The lowest BCUT2D eigenvalue weighted by Gasteiger charge is -1.96. The molecular weight excluding hydrogens is 214 g/mol. The van der Waals surface area contributed by atoms with Crippen LogP contribution in [0.15, 0.2) is 30.3 Å². The SMILES string of the molecule is O=[N+]([O-])c1ccc2c([N+](=O)[O-])cccc2n1. The molecule has 0 aliphatic carbocycles. The van der Waals surface area contributed by atoms with Gasteiger partial charge in [0.05, 0.1) is 4.92 Å². The van der Waals surface area contributed by atoms with Gasteiger partial charge >= 0.3 is 5.82 Å². The second kappa shape index (κ2) is 3.54. The van der Waals surface area contributed by atoms with E-state index >= 15 is 0 Å². The molecule has 7 nitrogen and oxygen atoms in total. The number of non-ortho nitro benzene ring substituents is 1. The molecule has 0 saturated carbocycles. The lowest BCUT2D eigenvalue weighted by Crippen LogP contribution is -1.94. The fourth-order valence-corrected chi connectivity index (χ4v) is 1.39. The van der Waals surface area contributed by atoms with Crippen molar-refractivity contribution in [2.45, 2.75) is 0 Å². The van der Waals surface area contributed by atoms with E-state index in [1.165, 1.54) is 24.3 Å². The monoisotopic (exact) mass is 219 g/mol. The van der Waals surface area contributed by atoms with Crippen molar-refractivity contribution in [2.24, 2.45) is 0 Å². The summed E-state index contributed by atoms with van der Waals surface area (Å²) in [5.41, 5.74) is 0.128. The molecule has 0 aliphatic heterocycles. The Kier molecular flexibility index (Phi) is 2.20. The van der Waals surface area contributed by atoms with Crippen LogP contribution in [0.4, 0.5) is 11.5 Å². The zero-order valence-corrected chi connectivity index (χ0v) is 7.86. The molecule has 0 unspecified atom stereocenters. The molecule has 0 radical (unpaired) electrons. The highest BCUT2D eigenvalue weighted by Crippen LogP contribution is 2.25. The van der Waals surface area contributed by atoms with Crippen LogP contribution in [0.1, 0.15) is 0 Å². The Hall–Kier alpha value is -2.57. The molecular formula is C9H5N3O4. The number of rotatable bonds is 2. The van der Waals surface area contributed by atoms with Crippen molar-refractivity contribution in [1.29, 1.82) is 0 Å². The van der Waals surface area contributed by atoms with Gasteiger partial charge in [0.2, 0.25) is 0 Å². The Labute approximate surface area is 88.6 Å². The zero-order chi connectivity index (χ0) is 11.7. The third kappa shape index (κ3) is 1.54. The number of aromatic nitrogens is 1. The molecule has 1 aromatic heterocycles. The van der Waals surface area contributed by atoms with Gasteiger partial charge in [0.15, 0.2) is 5.52 Å². The van der Waals surface area contributed by atoms with Crippen LogP contribution in [0.5, 0.6) is 0 Å². The minimum Gasteiger partial charge on any atom is -0.358 e. The van der Waals surface area contributed by atoms with Crippen LogP contribution in [0.2, 0.25) is 0 Å². The van der Waals surface area contributed by atoms with Gasteiger partial charge in [-0.15, -0.1) is 0 Å². The number of hydrogen-bond acceptors (Lipinski definition) is 5. The van der Waals surface area contributed by atoms with E-state index in [0.717, 1.165) is 6.07 Å². The molecule has 2 rings (SSSR count). The molecule has 0 spiro atoms. The maximum atomic E-state index is 10.7. The molecule has 1 aromatic carbocycles. The molecule has 1 heterocycles. The van der Waals surface area contributed by atoms with E-state index in [1.807, 2.05) is 0 Å². The smallest absolute Gasteiger partial charge is 0.358 e. The summed E-state index contributed by atoms with van der Waals surface area (Å²) >= 11 is 0. The second-order valence-electron chi connectivity index (χ2n) is 3.03. The number of nitro benzene ring substituents is 1. The van der Waals surface area contributed by atoms with E-state index in [4.69, 9.17) is 0 Å². The summed E-state index contributed by atoms with van der Waals surface area (Å²) < 4.78 is 0. The summed E-state index contributed by atoms with van der Waals surface area (Å²) in [6.07, 6.45) is 0. The first-order valence-electron chi connectivity index (χ1n) is 4.28. The van der Waals surface area contributed by atoms with E-state index in [1.54, 1.807) is 0 Å². The highest BCUT2D eigenvalue weighted by molar-refractivity contribution is 5.88. The van der Waals surface area contributed by atoms with Gasteiger partial charge in [-0.05, 0) is 22.0 Å². The van der Waals surface area contributed by atoms with E-state index in [9.17, 15) is 20.2 Å². The summed E-state index contributed by atoms with van der Waals surface area (Å²) in [6, 6.07) is 6.75. The fraction of sp³-hybridized carbons (Fsp3) is 0. The van der Waals surface area contributed by atoms with Gasteiger partial charge in [0.25, 0.3) is 5.69 Å². The highest BCUT2D eigenvalue weighted by Gasteiger charge is 2.16. The second-order valence-corrected chi connectivity index (χ2v) is 3.03. The van der Waals surface area contributed by atoms with E-state index in [0.29, 0.717) is 0 Å². The third-order valence-electron chi connectivity index (χ3n) is 2.08. The molecule has 0 aliphatic rings. The average Bonchev–Trinajstić information content (AvgIpc) is 2.27. The first-order chi connectivity index (χ1) is 7.59. The van der Waals surface area contributed by atoms with Crippen molar-refractivity contribution in [2.75, 3.05) is 0 Å². The summed E-state index contributed by atoms with van der Waals surface area (Å²) in [5.74, 6) is -0.326. The molecule has 0 bridgehead atoms. The van der Waals surface area contributed by atoms with Crippen LogP contribution >= 0.6 is 0 Å². The number of hydrogen-bond donors (Lipinski definition) is 0. The van der Waals surface area contributed by atoms with Gasteiger partial charge in [-0.1, -0.05) is 6.07 Å². The van der Waals surface area contributed by atoms with E-state index < -0.39 is 9.85 Å². The predicted octanol–water partition coefficient (Wildman–Crippen LogP) is 2.05. The molecule has 0 saturated heterocycles. The number of fused-ring (bicyclic) bond motifs is 1. The van der Waals surface area contributed by atoms with Crippen molar-refractivity contribution < 1.29 is 9.85 Å². The molecule has 0 atom stereocenters. The maximum Gasteiger partial charge on any atom is 0.364 e. The van der Waals surface area contributed by atoms with E-state index in [-0.39, 0.29) is 22.4 Å². The van der Waals surface area contributed by atoms with Gasteiger partial charge in [0, 0.05) is 12.1 Å². The lowest BCUT2D eigenvalue weighted by molar-refractivity contribution is -0.389. The Balaban J connectivity index is 2.73. The third-order valence-corrected chi connectivity index (χ3v) is 2.08. The largest absolute Gasteiger partial charge is 0.364 e. The van der Waals surface area contributed by atoms with Crippen LogP contribution < -0.4 is 0 Å². The van der Waals surface area contributed by atoms with Crippen LogP contribution in [0, 0.1) is 20.2 Å². The summed E-state index contributed by atoms with van der Waals surface area (Å²) in [4.78, 5) is 23.7. The van der Waals surface area contributed by atoms with Crippen molar-refractivity contribution >= 4 is 22.4 Å². The Bertz CT molecular complexity index is 596. The minimum absolute atomic E-state index is 0.111. The van der Waals surface area contributed by atoms with Crippen LogP contribution in [0.3, 0.4) is 0 Å². The van der Waals surface area contributed by atoms with Crippen LogP contribution in [0.25, 0.3) is 10.9 Å². The van der Waals surface area contributed by atoms with Gasteiger partial charge < -0.3 is 10.1 Å². The van der Waals surface area contributed by atoms with Gasteiger partial charge in [-0.2, -0.15) is 0 Å². The van der Waals surface area contributed by atoms with Crippen LogP contribution in [-0.2, 0) is 0 Å². The first kappa shape index (κ1) is 9.97. The van der Waals surface area contributed by atoms with Crippen LogP contribution in [-0.4, -0.2) is 14.8 Å². The molecule has 16 heavy (non-hydrogen) atoms. The van der Waals surface area contributed by atoms with Crippen molar-refractivity contribution in [3.05, 3.63) is 50.6 Å². The molecule has 0 amide bonds. The number of benzene rings is 1. The van der Waals surface area contributed by atoms with Gasteiger partial charge in [0.1, 0.15) is 5.39 Å². The topological polar surface area (TPSA) is 99.2 Å². The Morgan fingerprint density at radius 3 is 2.38 bits per heavy atom. The molecule has 2 aromatic rings. The molecule has 7 heteroatoms. The Morgan fingerprint density at radius 1 is 1.00 bits per heavy atom. The molecule has 80 valence electrons. The zero-order valence-electron chi connectivity index (χ0n) is 7.86. The standard InChI is InChI=1S/C9H5N3O4/c13-11(14)8-3-1-2-7-6(8)4-5-9(10-7)12(15)16/h1-5H. The number of pyridine rings is 1. The van der Waals surface area contributed by atoms with Crippen molar-refractivity contribution in [3.8, 4) is 0 Å². The van der Waals surface area contributed by atoms with Gasteiger partial charge in [-0.25, -0.2) is 0 Å². The normalized spacial score (nSPS) is 10.2. The maximum absolute atomic E-state index is 10.7. The highest BCUT2D eigenvalue weighted by atomic mass is 16.6. The Morgan fingerprint density at radius 2 is 1.75 bits per heavy atom. The minimum atomic E-state index is -0.641. The van der Waals surface area contributed by atoms with Gasteiger partial charge in [-0.3, -0.25) is 10.1 Å². The fourth-order valence-electron chi connectivity index (χ4n) is 1.39. The van der Waals surface area contributed by atoms with E-state index in [2.05, 4.69) is 4.98 Å². The van der Waals surface area contributed by atoms with Crippen molar-refractivity contribution in [3.63, 3.8) is 0 Å². The predicted molar refractivity (Wildman–Crippen MR) is 55.1 cm³/mol. The quantitative estimate of drug-likeness (QED) is 0.568. The number of nitro groups is 2.